The molecule has 0 radical (unpaired) electrons. The number of halogens is 1. The summed E-state index contributed by atoms with van der Waals surface area (Å²) in [4.78, 5) is 24.8. The van der Waals surface area contributed by atoms with Gasteiger partial charge in [0.2, 0.25) is 0 Å². The van der Waals surface area contributed by atoms with Crippen molar-refractivity contribution in [3.8, 4) is 0 Å². The molecule has 0 aromatic heterocycles. The zero-order chi connectivity index (χ0) is 18.5. The highest BCUT2D eigenvalue weighted by molar-refractivity contribution is 8.00. The van der Waals surface area contributed by atoms with E-state index in [1.807, 2.05) is 19.1 Å². The van der Waals surface area contributed by atoms with Crippen LogP contribution in [0.4, 0.5) is 5.69 Å². The third kappa shape index (κ3) is 5.02. The molecule has 0 atom stereocenters. The molecule has 26 heavy (non-hydrogen) atoms. The van der Waals surface area contributed by atoms with Gasteiger partial charge in [-0.05, 0) is 67.1 Å². The Bertz CT molecular complexity index is 838. The van der Waals surface area contributed by atoms with Crippen molar-refractivity contribution in [1.82, 2.24) is 0 Å². The second-order valence-corrected chi connectivity index (χ2v) is 7.70. The second-order valence-electron chi connectivity index (χ2n) is 6.25. The van der Waals surface area contributed by atoms with Crippen LogP contribution < -0.4 is 5.32 Å². The molecule has 2 aromatic carbocycles. The average molecular weight is 390 g/mol. The number of aryl methyl sites for hydroxylation is 3. The molecular formula is C20H20ClNO3S. The summed E-state index contributed by atoms with van der Waals surface area (Å²) in [7, 11) is 0. The van der Waals surface area contributed by atoms with E-state index in [2.05, 4.69) is 17.4 Å². The molecule has 2 aromatic rings. The molecular weight excluding hydrogens is 370 g/mol. The maximum atomic E-state index is 11.9. The fraction of sp³-hybridized carbons (Fsp3) is 0.300. The molecule has 0 unspecified atom stereocenters. The average Bonchev–Trinajstić information content (AvgIpc) is 3.09. The lowest BCUT2D eigenvalue weighted by atomic mass is 10.1. The van der Waals surface area contributed by atoms with Gasteiger partial charge < -0.3 is 10.1 Å². The van der Waals surface area contributed by atoms with Crippen LogP contribution in [-0.2, 0) is 27.2 Å². The lowest BCUT2D eigenvalue weighted by Crippen LogP contribution is -2.21. The van der Waals surface area contributed by atoms with Gasteiger partial charge in [-0.3, -0.25) is 9.59 Å². The smallest absolute Gasteiger partial charge is 0.316 e. The van der Waals surface area contributed by atoms with Gasteiger partial charge in [-0.2, -0.15) is 0 Å². The number of thioether (sulfide) groups is 1. The summed E-state index contributed by atoms with van der Waals surface area (Å²) in [6.07, 6.45) is 3.45. The minimum absolute atomic E-state index is 0.183. The number of amides is 1. The Labute approximate surface area is 162 Å². The standard InChI is InChI=1S/C20H20ClNO3S/c1-13-5-7-16(10-18(13)21)22-19(23)11-25-20(24)12-26-17-8-6-14-3-2-4-15(14)9-17/h5-10H,2-4,11-12H2,1H3,(H,22,23). The van der Waals surface area contributed by atoms with E-state index in [-0.39, 0.29) is 18.3 Å². The fourth-order valence-corrected chi connectivity index (χ4v) is 3.77. The third-order valence-electron chi connectivity index (χ3n) is 4.25. The predicted octanol–water partition coefficient (Wildman–Crippen LogP) is 4.41. The summed E-state index contributed by atoms with van der Waals surface area (Å²) in [6.45, 7) is 1.57. The van der Waals surface area contributed by atoms with Crippen molar-refractivity contribution < 1.29 is 14.3 Å². The lowest BCUT2D eigenvalue weighted by molar-refractivity contribution is -0.144. The van der Waals surface area contributed by atoms with Crippen molar-refractivity contribution in [3.05, 3.63) is 58.1 Å². The number of anilines is 1. The summed E-state index contributed by atoms with van der Waals surface area (Å²) in [6, 6.07) is 11.6. The van der Waals surface area contributed by atoms with Crippen molar-refractivity contribution in [2.45, 2.75) is 31.1 Å². The van der Waals surface area contributed by atoms with Crippen LogP contribution in [0.25, 0.3) is 0 Å². The summed E-state index contributed by atoms with van der Waals surface area (Å²) < 4.78 is 5.04. The van der Waals surface area contributed by atoms with Gasteiger partial charge in [-0.1, -0.05) is 23.7 Å². The normalized spacial score (nSPS) is 12.5. The molecule has 0 bridgehead atoms. The van der Waals surface area contributed by atoms with E-state index >= 15 is 0 Å². The zero-order valence-corrected chi connectivity index (χ0v) is 16.1. The molecule has 0 aliphatic heterocycles. The van der Waals surface area contributed by atoms with Crippen LogP contribution in [0.2, 0.25) is 5.02 Å². The Hall–Kier alpha value is -1.98. The molecule has 1 amide bonds. The van der Waals surface area contributed by atoms with E-state index in [9.17, 15) is 9.59 Å². The zero-order valence-electron chi connectivity index (χ0n) is 14.5. The maximum absolute atomic E-state index is 11.9. The Morgan fingerprint density at radius 2 is 1.96 bits per heavy atom. The van der Waals surface area contributed by atoms with Gasteiger partial charge in [-0.25, -0.2) is 0 Å². The van der Waals surface area contributed by atoms with E-state index in [0.29, 0.717) is 10.7 Å². The van der Waals surface area contributed by atoms with Crippen LogP contribution in [0.15, 0.2) is 41.3 Å². The number of nitrogens with one attached hydrogen (secondary N) is 1. The highest BCUT2D eigenvalue weighted by Gasteiger charge is 2.13. The summed E-state index contributed by atoms with van der Waals surface area (Å²) >= 11 is 7.45. The third-order valence-corrected chi connectivity index (χ3v) is 5.62. The van der Waals surface area contributed by atoms with Crippen LogP contribution in [0.5, 0.6) is 0 Å². The number of hydrogen-bond acceptors (Lipinski definition) is 4. The molecule has 1 N–H and O–H groups in total. The van der Waals surface area contributed by atoms with Crippen LogP contribution in [0.1, 0.15) is 23.1 Å². The van der Waals surface area contributed by atoms with Crippen LogP contribution in [-0.4, -0.2) is 24.2 Å². The van der Waals surface area contributed by atoms with Crippen molar-refractivity contribution in [2.75, 3.05) is 17.7 Å². The Morgan fingerprint density at radius 1 is 1.15 bits per heavy atom. The number of carbonyl (C=O) groups is 2. The highest BCUT2D eigenvalue weighted by Crippen LogP contribution is 2.27. The van der Waals surface area contributed by atoms with Crippen molar-refractivity contribution in [3.63, 3.8) is 0 Å². The number of fused-ring (bicyclic) bond motifs is 1. The first-order valence-electron chi connectivity index (χ1n) is 8.47. The van der Waals surface area contributed by atoms with Crippen molar-refractivity contribution in [2.24, 2.45) is 0 Å². The van der Waals surface area contributed by atoms with Gasteiger partial charge in [-0.15, -0.1) is 11.8 Å². The van der Waals surface area contributed by atoms with E-state index in [1.54, 1.807) is 12.1 Å². The molecule has 3 rings (SSSR count). The summed E-state index contributed by atoms with van der Waals surface area (Å²) in [5.41, 5.74) is 4.29. The monoisotopic (exact) mass is 389 g/mol. The molecule has 0 heterocycles. The number of ether oxygens (including phenoxy) is 1. The van der Waals surface area contributed by atoms with Crippen molar-refractivity contribution >= 4 is 40.9 Å². The number of hydrogen-bond donors (Lipinski definition) is 1. The highest BCUT2D eigenvalue weighted by atomic mass is 35.5. The van der Waals surface area contributed by atoms with E-state index in [0.717, 1.165) is 23.3 Å². The minimum atomic E-state index is -0.410. The molecule has 0 saturated heterocycles. The largest absolute Gasteiger partial charge is 0.455 e. The van der Waals surface area contributed by atoms with Gasteiger partial charge in [0.05, 0.1) is 5.75 Å². The van der Waals surface area contributed by atoms with Gasteiger partial charge in [0.25, 0.3) is 5.91 Å². The molecule has 1 aliphatic rings. The number of carbonyl (C=O) groups excluding carboxylic acids is 2. The topological polar surface area (TPSA) is 55.4 Å². The molecule has 4 nitrogen and oxygen atoms in total. The summed E-state index contributed by atoms with van der Waals surface area (Å²) in [5, 5.41) is 3.23. The predicted molar refractivity (Wildman–Crippen MR) is 105 cm³/mol. The van der Waals surface area contributed by atoms with Crippen LogP contribution in [0, 0.1) is 6.92 Å². The Kier molecular flexibility index (Phi) is 6.22. The second kappa shape index (κ2) is 8.60. The van der Waals surface area contributed by atoms with Crippen LogP contribution >= 0.6 is 23.4 Å². The molecule has 0 spiro atoms. The molecule has 1 aliphatic carbocycles. The Morgan fingerprint density at radius 3 is 2.77 bits per heavy atom. The first-order chi connectivity index (χ1) is 12.5. The van der Waals surface area contributed by atoms with Crippen LogP contribution in [0.3, 0.4) is 0 Å². The van der Waals surface area contributed by atoms with Gasteiger partial charge in [0, 0.05) is 15.6 Å². The SMILES string of the molecule is Cc1ccc(NC(=O)COC(=O)CSc2ccc3c(c2)CCC3)cc1Cl. The first-order valence-corrected chi connectivity index (χ1v) is 9.84. The van der Waals surface area contributed by atoms with Crippen molar-refractivity contribution in [1.29, 1.82) is 0 Å². The number of esters is 1. The number of rotatable bonds is 6. The molecule has 136 valence electrons. The summed E-state index contributed by atoms with van der Waals surface area (Å²) in [5.74, 6) is -0.615. The molecule has 0 saturated carbocycles. The minimum Gasteiger partial charge on any atom is -0.455 e. The fourth-order valence-electron chi connectivity index (χ4n) is 2.84. The van der Waals surface area contributed by atoms with Gasteiger partial charge in [0.1, 0.15) is 0 Å². The number of benzene rings is 2. The molecule has 6 heteroatoms. The quantitative estimate of drug-likeness (QED) is 0.587. The van der Waals surface area contributed by atoms with Gasteiger partial charge >= 0.3 is 5.97 Å². The van der Waals surface area contributed by atoms with E-state index in [4.69, 9.17) is 16.3 Å². The van der Waals surface area contributed by atoms with E-state index in [1.165, 1.54) is 29.3 Å². The lowest BCUT2D eigenvalue weighted by Gasteiger charge is -2.08. The first kappa shape index (κ1) is 18.8. The van der Waals surface area contributed by atoms with E-state index < -0.39 is 5.97 Å². The maximum Gasteiger partial charge on any atom is 0.316 e. The Balaban J connectivity index is 1.42. The van der Waals surface area contributed by atoms with Gasteiger partial charge in [0.15, 0.2) is 6.61 Å². The molecule has 0 fully saturated rings.